The van der Waals surface area contributed by atoms with E-state index in [1.807, 2.05) is 25.1 Å². The minimum atomic E-state index is -0.241. The summed E-state index contributed by atoms with van der Waals surface area (Å²) in [6.45, 7) is 2.41. The van der Waals surface area contributed by atoms with Crippen LogP contribution in [-0.2, 0) is 5.11 Å². The first kappa shape index (κ1) is 13.3. The van der Waals surface area contributed by atoms with Crippen molar-refractivity contribution in [2.45, 2.75) is 13.3 Å². The van der Waals surface area contributed by atoms with Gasteiger partial charge in [-0.25, -0.2) is 9.90 Å². The van der Waals surface area contributed by atoms with Crippen molar-refractivity contribution in [3.63, 3.8) is 0 Å². The predicted octanol–water partition coefficient (Wildman–Crippen LogP) is 2.66. The molecule has 0 unspecified atom stereocenters. The number of nitrogens with one attached hydrogen (secondary N) is 2. The molecule has 4 nitrogen and oxygen atoms in total. The molecule has 0 aliphatic carbocycles. The topological polar surface area (TPSA) is 61.0 Å². The highest BCUT2D eigenvalue weighted by Gasteiger charge is 1.99. The highest BCUT2D eigenvalue weighted by Crippen LogP contribution is 2.11. The summed E-state index contributed by atoms with van der Waals surface area (Å²) in [5.41, 5.74) is 1.61. The monoisotopic (exact) mass is 233 g/mol. The van der Waals surface area contributed by atoms with E-state index in [-0.39, 0.29) is 12.6 Å². The number of urea groups is 1. The molecule has 2 N–H and O–H groups in total. The number of rotatable bonds is 5. The Balaban J connectivity index is 2.59. The van der Waals surface area contributed by atoms with Crippen molar-refractivity contribution in [1.29, 1.82) is 0 Å². The molecular formula is C13H17N2O2. The van der Waals surface area contributed by atoms with Crippen molar-refractivity contribution in [3.05, 3.63) is 35.9 Å². The summed E-state index contributed by atoms with van der Waals surface area (Å²) in [5, 5.41) is 15.8. The molecule has 1 aromatic rings. The molecule has 0 atom stereocenters. The first-order valence-corrected chi connectivity index (χ1v) is 5.66. The van der Waals surface area contributed by atoms with E-state index >= 15 is 0 Å². The predicted molar refractivity (Wildman–Crippen MR) is 68.3 cm³/mol. The summed E-state index contributed by atoms with van der Waals surface area (Å²) in [5.74, 6) is 0. The van der Waals surface area contributed by atoms with Gasteiger partial charge in [0.15, 0.2) is 0 Å². The van der Waals surface area contributed by atoms with Crippen LogP contribution < -0.4 is 10.6 Å². The van der Waals surface area contributed by atoms with Crippen LogP contribution in [0.25, 0.3) is 6.08 Å². The van der Waals surface area contributed by atoms with E-state index < -0.39 is 0 Å². The van der Waals surface area contributed by atoms with E-state index in [2.05, 4.69) is 10.6 Å². The number of amides is 2. The fourth-order valence-corrected chi connectivity index (χ4v) is 1.32. The summed E-state index contributed by atoms with van der Waals surface area (Å²) in [6.07, 6.45) is 4.18. The van der Waals surface area contributed by atoms with Crippen molar-refractivity contribution >= 4 is 17.8 Å². The maximum Gasteiger partial charge on any atom is 0.319 e. The lowest BCUT2D eigenvalue weighted by Crippen LogP contribution is -2.29. The summed E-state index contributed by atoms with van der Waals surface area (Å²) in [7, 11) is 0. The molecule has 0 fully saturated rings. The molecule has 0 aromatic heterocycles. The van der Waals surface area contributed by atoms with Crippen molar-refractivity contribution < 1.29 is 9.90 Å². The van der Waals surface area contributed by atoms with E-state index in [1.54, 1.807) is 12.1 Å². The second-order valence-electron chi connectivity index (χ2n) is 3.58. The summed E-state index contributed by atoms with van der Waals surface area (Å²) in [4.78, 5) is 11.4. The zero-order chi connectivity index (χ0) is 12.5. The van der Waals surface area contributed by atoms with Gasteiger partial charge >= 0.3 is 6.03 Å². The van der Waals surface area contributed by atoms with Gasteiger partial charge in [-0.05, 0) is 24.1 Å². The first-order valence-electron chi connectivity index (χ1n) is 5.66. The smallest absolute Gasteiger partial charge is 0.319 e. The van der Waals surface area contributed by atoms with Crippen molar-refractivity contribution in [2.75, 3.05) is 18.5 Å². The van der Waals surface area contributed by atoms with Crippen LogP contribution in [0.2, 0.25) is 0 Å². The maximum atomic E-state index is 11.4. The van der Waals surface area contributed by atoms with Gasteiger partial charge in [0.1, 0.15) is 6.61 Å². The van der Waals surface area contributed by atoms with Crippen LogP contribution in [0.5, 0.6) is 0 Å². The van der Waals surface area contributed by atoms with Crippen LogP contribution in [0.4, 0.5) is 10.5 Å². The molecule has 0 heterocycles. The maximum absolute atomic E-state index is 11.4. The average Bonchev–Trinajstić information content (AvgIpc) is 2.34. The Morgan fingerprint density at radius 2 is 2.24 bits per heavy atom. The van der Waals surface area contributed by atoms with E-state index in [9.17, 15) is 9.90 Å². The number of anilines is 1. The van der Waals surface area contributed by atoms with Gasteiger partial charge < -0.3 is 10.6 Å². The second-order valence-corrected chi connectivity index (χ2v) is 3.58. The van der Waals surface area contributed by atoms with Crippen LogP contribution in [0, 0.1) is 0 Å². The largest absolute Gasteiger partial charge is 0.338 e. The van der Waals surface area contributed by atoms with Gasteiger partial charge in [0.05, 0.1) is 0 Å². The lowest BCUT2D eigenvalue weighted by molar-refractivity contribution is 0.233. The molecule has 0 saturated carbocycles. The normalized spacial score (nSPS) is 10.5. The van der Waals surface area contributed by atoms with Crippen LogP contribution in [0.3, 0.4) is 0 Å². The van der Waals surface area contributed by atoms with E-state index in [4.69, 9.17) is 0 Å². The Morgan fingerprint density at radius 3 is 2.94 bits per heavy atom. The summed E-state index contributed by atoms with van der Waals surface area (Å²) >= 11 is 0. The number of carbonyl (C=O) groups is 1. The second kappa shape index (κ2) is 7.46. The van der Waals surface area contributed by atoms with Gasteiger partial charge in [0.25, 0.3) is 0 Å². The Kier molecular flexibility index (Phi) is 5.82. The Bertz CT molecular complexity index is 389. The highest BCUT2D eigenvalue weighted by atomic mass is 16.2. The van der Waals surface area contributed by atoms with E-state index in [0.717, 1.165) is 12.0 Å². The van der Waals surface area contributed by atoms with Gasteiger partial charge in [-0.2, -0.15) is 0 Å². The number of hydrogen-bond donors (Lipinski definition) is 2. The lowest BCUT2D eigenvalue weighted by Gasteiger charge is -2.07. The Morgan fingerprint density at radius 1 is 1.41 bits per heavy atom. The van der Waals surface area contributed by atoms with Crippen LogP contribution in [0.15, 0.2) is 30.3 Å². The number of hydrogen-bond acceptors (Lipinski definition) is 1. The van der Waals surface area contributed by atoms with Crippen LogP contribution in [0.1, 0.15) is 18.9 Å². The van der Waals surface area contributed by atoms with Gasteiger partial charge in [-0.1, -0.05) is 31.2 Å². The van der Waals surface area contributed by atoms with Crippen molar-refractivity contribution in [1.82, 2.24) is 5.32 Å². The Hall–Kier alpha value is -1.81. The third-order valence-corrected chi connectivity index (χ3v) is 2.09. The minimum absolute atomic E-state index is 0.211. The summed E-state index contributed by atoms with van der Waals surface area (Å²) in [6, 6.07) is 7.12. The molecule has 0 aliphatic rings. The lowest BCUT2D eigenvalue weighted by atomic mass is 10.2. The quantitative estimate of drug-likeness (QED) is 0.807. The molecule has 1 aromatic carbocycles. The van der Waals surface area contributed by atoms with Crippen LogP contribution in [-0.4, -0.2) is 19.2 Å². The van der Waals surface area contributed by atoms with Gasteiger partial charge in [-0.3, -0.25) is 0 Å². The zero-order valence-electron chi connectivity index (χ0n) is 9.90. The molecule has 91 valence electrons. The molecule has 1 radical (unpaired) electrons. The molecule has 0 spiro atoms. The van der Waals surface area contributed by atoms with Gasteiger partial charge in [-0.15, -0.1) is 0 Å². The molecule has 0 aliphatic heterocycles. The van der Waals surface area contributed by atoms with Gasteiger partial charge in [0, 0.05) is 12.2 Å². The third kappa shape index (κ3) is 5.17. The SMILES string of the molecule is CCCNC(=O)Nc1cccc(/C=C/C[O])c1. The number of benzene rings is 1. The highest BCUT2D eigenvalue weighted by molar-refractivity contribution is 5.89. The molecule has 17 heavy (non-hydrogen) atoms. The van der Waals surface area contributed by atoms with E-state index in [1.165, 1.54) is 6.08 Å². The van der Waals surface area contributed by atoms with Crippen LogP contribution >= 0.6 is 0 Å². The standard InChI is InChI=1S/C13H17N2O2/c1-2-8-14-13(17)15-12-7-3-5-11(10-12)6-4-9-16/h3-7,10H,2,8-9H2,1H3,(H2,14,15,17)/b6-4+. The minimum Gasteiger partial charge on any atom is -0.338 e. The van der Waals surface area contributed by atoms with Gasteiger partial charge in [0.2, 0.25) is 0 Å². The molecule has 4 heteroatoms. The Labute approximate surface area is 101 Å². The van der Waals surface area contributed by atoms with Crippen molar-refractivity contribution in [2.24, 2.45) is 0 Å². The molecule has 2 amide bonds. The first-order chi connectivity index (χ1) is 8.26. The fraction of sp³-hybridized carbons (Fsp3) is 0.308. The summed E-state index contributed by atoms with van der Waals surface area (Å²) < 4.78 is 0. The number of carbonyl (C=O) groups excluding carboxylic acids is 1. The fourth-order valence-electron chi connectivity index (χ4n) is 1.32. The zero-order valence-corrected chi connectivity index (χ0v) is 9.90. The molecule has 0 bridgehead atoms. The van der Waals surface area contributed by atoms with Crippen molar-refractivity contribution in [3.8, 4) is 0 Å². The van der Waals surface area contributed by atoms with E-state index in [0.29, 0.717) is 12.2 Å². The average molecular weight is 233 g/mol. The third-order valence-electron chi connectivity index (χ3n) is 2.09. The molecule has 0 saturated heterocycles. The molecular weight excluding hydrogens is 216 g/mol. The molecule has 1 rings (SSSR count).